The molecule has 0 saturated heterocycles. The minimum Gasteiger partial charge on any atom is -0.367 e. The quantitative estimate of drug-likeness (QED) is 0.532. The molecule has 156 valence electrons. The van der Waals surface area contributed by atoms with Crippen LogP contribution >= 0.6 is 0 Å². The molecule has 0 fully saturated rings. The van der Waals surface area contributed by atoms with Crippen molar-refractivity contribution >= 4 is 15.8 Å². The van der Waals surface area contributed by atoms with Gasteiger partial charge >= 0.3 is 0 Å². The first-order valence-corrected chi connectivity index (χ1v) is 10.9. The van der Waals surface area contributed by atoms with Crippen LogP contribution in [0.25, 0.3) is 5.82 Å². The molecule has 0 bridgehead atoms. The maximum Gasteiger partial charge on any atom is 0.244 e. The van der Waals surface area contributed by atoms with Crippen molar-refractivity contribution in [3.05, 3.63) is 41.0 Å². The number of sulfonamides is 1. The molecule has 3 rings (SSSR count). The summed E-state index contributed by atoms with van der Waals surface area (Å²) in [7, 11) is -3.63. The molecule has 0 aromatic carbocycles. The first kappa shape index (κ1) is 20.9. The van der Waals surface area contributed by atoms with Crippen molar-refractivity contribution in [2.24, 2.45) is 0 Å². The Morgan fingerprint density at radius 3 is 2.34 bits per heavy atom. The van der Waals surface area contributed by atoms with Gasteiger partial charge in [0.25, 0.3) is 0 Å². The van der Waals surface area contributed by atoms with Crippen molar-refractivity contribution in [1.29, 1.82) is 0 Å². The maximum atomic E-state index is 12.6. The van der Waals surface area contributed by atoms with E-state index in [1.165, 1.54) is 0 Å². The summed E-state index contributed by atoms with van der Waals surface area (Å²) in [5, 5.41) is 20.0. The van der Waals surface area contributed by atoms with Crippen LogP contribution < -0.4 is 10.0 Å². The van der Waals surface area contributed by atoms with Gasteiger partial charge in [-0.3, -0.25) is 4.68 Å². The van der Waals surface area contributed by atoms with E-state index in [1.54, 1.807) is 29.3 Å². The highest BCUT2D eigenvalue weighted by atomic mass is 32.2. The van der Waals surface area contributed by atoms with Crippen LogP contribution in [-0.2, 0) is 16.6 Å². The van der Waals surface area contributed by atoms with Crippen LogP contribution in [0.4, 0.5) is 5.82 Å². The molecule has 0 atom stereocenters. The molecule has 10 nitrogen and oxygen atoms in total. The molecule has 2 N–H and O–H groups in total. The van der Waals surface area contributed by atoms with Gasteiger partial charge in [-0.2, -0.15) is 10.2 Å². The summed E-state index contributed by atoms with van der Waals surface area (Å²) in [6, 6.07) is 5.56. The molecule has 3 aromatic rings. The second-order valence-corrected chi connectivity index (χ2v) is 8.46. The summed E-state index contributed by atoms with van der Waals surface area (Å²) >= 11 is 0. The summed E-state index contributed by atoms with van der Waals surface area (Å²) in [5.74, 6) is 1.18. The predicted molar refractivity (Wildman–Crippen MR) is 110 cm³/mol. The Bertz CT molecular complexity index is 1100. The fourth-order valence-electron chi connectivity index (χ4n) is 3.22. The lowest BCUT2D eigenvalue weighted by Gasteiger charge is -2.09. The molecule has 3 aromatic heterocycles. The number of aromatic nitrogens is 6. The minimum absolute atomic E-state index is 0.208. The van der Waals surface area contributed by atoms with Gasteiger partial charge in [0, 0.05) is 25.3 Å². The van der Waals surface area contributed by atoms with Crippen LogP contribution in [-0.4, -0.2) is 51.3 Å². The summed E-state index contributed by atoms with van der Waals surface area (Å²) in [6.45, 7) is 10.5. The van der Waals surface area contributed by atoms with E-state index in [0.29, 0.717) is 36.1 Å². The second-order valence-electron chi connectivity index (χ2n) is 6.76. The molecule has 0 spiro atoms. The predicted octanol–water partition coefficient (Wildman–Crippen LogP) is 1.50. The average molecular weight is 419 g/mol. The molecule has 29 heavy (non-hydrogen) atoms. The molecule has 0 radical (unpaired) electrons. The van der Waals surface area contributed by atoms with Crippen molar-refractivity contribution in [2.75, 3.05) is 18.4 Å². The van der Waals surface area contributed by atoms with Crippen LogP contribution in [0.3, 0.4) is 0 Å². The van der Waals surface area contributed by atoms with E-state index >= 15 is 0 Å². The van der Waals surface area contributed by atoms with E-state index in [1.807, 2.05) is 32.9 Å². The van der Waals surface area contributed by atoms with Gasteiger partial charge in [-0.05, 0) is 52.8 Å². The van der Waals surface area contributed by atoms with Gasteiger partial charge in [-0.1, -0.05) is 0 Å². The molecular weight excluding hydrogens is 392 g/mol. The fraction of sp³-hybridized carbons (Fsp3) is 0.444. The van der Waals surface area contributed by atoms with Crippen molar-refractivity contribution in [1.82, 2.24) is 34.5 Å². The van der Waals surface area contributed by atoms with Crippen molar-refractivity contribution in [3.8, 4) is 5.82 Å². The third-order valence-electron chi connectivity index (χ3n) is 4.48. The number of rotatable bonds is 8. The van der Waals surface area contributed by atoms with E-state index in [0.717, 1.165) is 11.4 Å². The Morgan fingerprint density at radius 1 is 1.03 bits per heavy atom. The van der Waals surface area contributed by atoms with E-state index in [4.69, 9.17) is 0 Å². The Morgan fingerprint density at radius 2 is 1.79 bits per heavy atom. The smallest absolute Gasteiger partial charge is 0.244 e. The van der Waals surface area contributed by atoms with Gasteiger partial charge in [0.2, 0.25) is 10.0 Å². The van der Waals surface area contributed by atoms with Crippen LogP contribution in [0.5, 0.6) is 0 Å². The van der Waals surface area contributed by atoms with E-state index in [9.17, 15) is 8.42 Å². The molecule has 3 heterocycles. The zero-order chi connectivity index (χ0) is 21.2. The highest BCUT2D eigenvalue weighted by molar-refractivity contribution is 7.89. The van der Waals surface area contributed by atoms with Crippen LogP contribution in [0.2, 0.25) is 0 Å². The zero-order valence-corrected chi connectivity index (χ0v) is 18.1. The largest absolute Gasteiger partial charge is 0.367 e. The Hall–Kier alpha value is -2.79. The van der Waals surface area contributed by atoms with E-state index in [2.05, 4.69) is 30.4 Å². The number of aryl methyl sites for hydroxylation is 4. The highest BCUT2D eigenvalue weighted by Crippen LogP contribution is 2.19. The van der Waals surface area contributed by atoms with Crippen molar-refractivity contribution < 1.29 is 8.42 Å². The first-order valence-electron chi connectivity index (χ1n) is 9.38. The zero-order valence-electron chi connectivity index (χ0n) is 17.3. The number of nitrogens with one attached hydrogen (secondary N) is 2. The van der Waals surface area contributed by atoms with Gasteiger partial charge in [-0.15, -0.1) is 10.2 Å². The Kier molecular flexibility index (Phi) is 5.99. The number of anilines is 1. The van der Waals surface area contributed by atoms with Crippen molar-refractivity contribution in [3.63, 3.8) is 0 Å². The first-order chi connectivity index (χ1) is 13.7. The standard InChI is InChI=1S/C18H26N8O2S/c1-6-25-15(5)18(14(4)24-25)29(27,28)20-10-9-19-16-7-8-17(22-21-16)26-13(3)11-12(2)23-26/h7-8,11,20H,6,9-10H2,1-5H3,(H,19,21). The van der Waals surface area contributed by atoms with Gasteiger partial charge < -0.3 is 5.32 Å². The maximum absolute atomic E-state index is 12.6. The molecule has 11 heteroatoms. The van der Waals surface area contributed by atoms with Gasteiger partial charge in [0.1, 0.15) is 10.7 Å². The molecule has 0 aliphatic carbocycles. The molecule has 0 amide bonds. The summed E-state index contributed by atoms with van der Waals surface area (Å²) in [5.41, 5.74) is 3.02. The fourth-order valence-corrected chi connectivity index (χ4v) is 4.66. The van der Waals surface area contributed by atoms with Gasteiger partial charge in [0.15, 0.2) is 5.82 Å². The molecular formula is C18H26N8O2S. The third-order valence-corrected chi connectivity index (χ3v) is 6.20. The topological polar surface area (TPSA) is 120 Å². The highest BCUT2D eigenvalue weighted by Gasteiger charge is 2.23. The van der Waals surface area contributed by atoms with E-state index < -0.39 is 10.0 Å². The lowest BCUT2D eigenvalue weighted by Crippen LogP contribution is -2.29. The summed E-state index contributed by atoms with van der Waals surface area (Å²) in [4.78, 5) is 0.244. The molecule has 0 aliphatic heterocycles. The minimum atomic E-state index is -3.63. The lowest BCUT2D eigenvalue weighted by molar-refractivity contribution is 0.580. The Balaban J connectivity index is 1.58. The van der Waals surface area contributed by atoms with Crippen LogP contribution in [0.15, 0.2) is 23.1 Å². The van der Waals surface area contributed by atoms with Crippen LogP contribution in [0.1, 0.15) is 29.7 Å². The molecule has 0 aliphatic rings. The van der Waals surface area contributed by atoms with Crippen LogP contribution in [0, 0.1) is 27.7 Å². The summed E-state index contributed by atoms with van der Waals surface area (Å²) in [6.07, 6.45) is 0. The number of hydrogen-bond donors (Lipinski definition) is 2. The van der Waals surface area contributed by atoms with E-state index in [-0.39, 0.29) is 11.4 Å². The number of nitrogens with zero attached hydrogens (tertiary/aromatic N) is 6. The van der Waals surface area contributed by atoms with Crippen molar-refractivity contribution in [2.45, 2.75) is 46.1 Å². The summed E-state index contributed by atoms with van der Waals surface area (Å²) < 4.78 is 31.3. The third kappa shape index (κ3) is 4.46. The lowest BCUT2D eigenvalue weighted by atomic mass is 10.4. The van der Waals surface area contributed by atoms with Gasteiger partial charge in [-0.25, -0.2) is 17.8 Å². The Labute approximate surface area is 170 Å². The molecule has 0 saturated carbocycles. The normalized spacial score (nSPS) is 11.8. The van der Waals surface area contributed by atoms with Gasteiger partial charge in [0.05, 0.1) is 17.1 Å². The second kappa shape index (κ2) is 8.29. The SMILES string of the molecule is CCn1nc(C)c(S(=O)(=O)NCCNc2ccc(-n3nc(C)cc3C)nn2)c1C. The monoisotopic (exact) mass is 418 g/mol. The molecule has 0 unspecified atom stereocenters. The average Bonchev–Trinajstić information content (AvgIpc) is 3.16. The number of hydrogen-bond acceptors (Lipinski definition) is 7.